The number of carbonyl (C=O) groups excluding carboxylic acids is 3. The van der Waals surface area contributed by atoms with E-state index in [-0.39, 0.29) is 24.3 Å². The van der Waals surface area contributed by atoms with E-state index in [9.17, 15) is 14.4 Å². The third-order valence-electron chi connectivity index (χ3n) is 7.03. The molecule has 1 N–H and O–H groups in total. The Kier molecular flexibility index (Phi) is 5.85. The predicted octanol–water partition coefficient (Wildman–Crippen LogP) is 3.40. The van der Waals surface area contributed by atoms with E-state index in [2.05, 4.69) is 10.2 Å². The molecule has 8 heteroatoms. The zero-order valence-electron chi connectivity index (χ0n) is 18.4. The second-order valence-electron chi connectivity index (χ2n) is 9.01. The van der Waals surface area contributed by atoms with Crippen molar-refractivity contribution < 1.29 is 14.4 Å². The third kappa shape index (κ3) is 4.00. The van der Waals surface area contributed by atoms with Crippen molar-refractivity contribution >= 4 is 40.7 Å². The lowest BCUT2D eigenvalue weighted by Crippen LogP contribution is -2.62. The lowest BCUT2D eigenvalue weighted by molar-refractivity contribution is -0.128. The van der Waals surface area contributed by atoms with E-state index in [4.69, 9.17) is 11.6 Å². The zero-order valence-corrected chi connectivity index (χ0v) is 19.2. The van der Waals surface area contributed by atoms with Crippen LogP contribution in [0.4, 0.5) is 11.4 Å². The fraction of sp³-hybridized carbons (Fsp3) is 0.400. The van der Waals surface area contributed by atoms with E-state index < -0.39 is 5.54 Å². The van der Waals surface area contributed by atoms with Crippen molar-refractivity contribution in [2.75, 3.05) is 42.9 Å². The summed E-state index contributed by atoms with van der Waals surface area (Å²) in [5, 5.41) is 3.62. The van der Waals surface area contributed by atoms with Gasteiger partial charge in [-0.3, -0.25) is 24.2 Å². The molecule has 2 heterocycles. The first-order chi connectivity index (χ1) is 16.0. The minimum atomic E-state index is -0.794. The number of halogens is 1. The Morgan fingerprint density at radius 3 is 2.30 bits per heavy atom. The summed E-state index contributed by atoms with van der Waals surface area (Å²) in [6.45, 7) is 2.56. The van der Waals surface area contributed by atoms with E-state index in [1.807, 2.05) is 29.2 Å². The Balaban J connectivity index is 1.28. The molecule has 3 amide bonds. The highest BCUT2D eigenvalue weighted by Gasteiger charge is 2.52. The summed E-state index contributed by atoms with van der Waals surface area (Å²) in [7, 11) is 0. The van der Waals surface area contributed by atoms with Gasteiger partial charge in [0.05, 0.1) is 17.9 Å². The van der Waals surface area contributed by atoms with Gasteiger partial charge in [0.2, 0.25) is 5.91 Å². The summed E-state index contributed by atoms with van der Waals surface area (Å²) < 4.78 is 0. The predicted molar refractivity (Wildman–Crippen MR) is 128 cm³/mol. The quantitative estimate of drug-likeness (QED) is 0.752. The molecule has 0 bridgehead atoms. The minimum Gasteiger partial charge on any atom is -0.336 e. The van der Waals surface area contributed by atoms with Crippen molar-refractivity contribution in [2.24, 2.45) is 0 Å². The van der Waals surface area contributed by atoms with Gasteiger partial charge in [0.1, 0.15) is 5.54 Å². The lowest BCUT2D eigenvalue weighted by atomic mass is 9.89. The molecule has 172 valence electrons. The molecule has 0 radical (unpaired) electrons. The standard InChI is InChI=1S/C25H27ClN4O3/c26-19-9-7-18(8-10-19)23(32)29-15-13-28(14-16-29)17-22(31)30-21-6-2-1-5-20(21)27-24(33)25(30)11-3-4-12-25/h1-2,5-10H,3-4,11-17H2,(H,27,33). The van der Waals surface area contributed by atoms with Gasteiger partial charge in [-0.05, 0) is 49.2 Å². The first kappa shape index (κ1) is 21.9. The Bertz CT molecular complexity index is 1070. The van der Waals surface area contributed by atoms with Crippen molar-refractivity contribution in [1.29, 1.82) is 0 Å². The number of nitrogens with zero attached hydrogens (tertiary/aromatic N) is 3. The van der Waals surface area contributed by atoms with Crippen molar-refractivity contribution in [3.63, 3.8) is 0 Å². The van der Waals surface area contributed by atoms with Gasteiger partial charge in [-0.1, -0.05) is 36.6 Å². The van der Waals surface area contributed by atoms with E-state index in [0.717, 1.165) is 18.5 Å². The van der Waals surface area contributed by atoms with Gasteiger partial charge in [-0.15, -0.1) is 0 Å². The van der Waals surface area contributed by atoms with Crippen LogP contribution in [0.3, 0.4) is 0 Å². The average molecular weight is 467 g/mol. The lowest BCUT2D eigenvalue weighted by Gasteiger charge is -2.45. The van der Waals surface area contributed by atoms with Crippen molar-refractivity contribution in [2.45, 2.75) is 31.2 Å². The molecule has 0 aromatic heterocycles. The smallest absolute Gasteiger partial charge is 0.253 e. The van der Waals surface area contributed by atoms with Crippen LogP contribution in [-0.2, 0) is 9.59 Å². The number of anilines is 2. The van der Waals surface area contributed by atoms with Gasteiger partial charge in [-0.2, -0.15) is 0 Å². The molecular weight excluding hydrogens is 440 g/mol. The van der Waals surface area contributed by atoms with Crippen LogP contribution >= 0.6 is 11.6 Å². The van der Waals surface area contributed by atoms with Crippen molar-refractivity contribution in [3.8, 4) is 0 Å². The summed E-state index contributed by atoms with van der Waals surface area (Å²) in [5.41, 5.74) is 1.29. The second-order valence-corrected chi connectivity index (χ2v) is 9.45. The number of para-hydroxylation sites is 2. The highest BCUT2D eigenvalue weighted by Crippen LogP contribution is 2.45. The number of nitrogens with one attached hydrogen (secondary N) is 1. The number of fused-ring (bicyclic) bond motifs is 1. The van der Waals surface area contributed by atoms with E-state index in [0.29, 0.717) is 55.3 Å². The summed E-state index contributed by atoms with van der Waals surface area (Å²) in [5.74, 6) is -0.161. The number of hydrogen-bond acceptors (Lipinski definition) is 4. The molecule has 2 fully saturated rings. The number of piperazine rings is 1. The largest absolute Gasteiger partial charge is 0.336 e. The second kappa shape index (κ2) is 8.80. The molecule has 2 aromatic rings. The first-order valence-electron chi connectivity index (χ1n) is 11.5. The molecule has 2 aliphatic heterocycles. The Morgan fingerprint density at radius 2 is 1.61 bits per heavy atom. The van der Waals surface area contributed by atoms with E-state index >= 15 is 0 Å². The van der Waals surface area contributed by atoms with E-state index in [1.54, 1.807) is 29.2 Å². The number of rotatable bonds is 3. The highest BCUT2D eigenvalue weighted by molar-refractivity contribution is 6.30. The summed E-state index contributed by atoms with van der Waals surface area (Å²) in [6, 6.07) is 14.4. The third-order valence-corrected chi connectivity index (χ3v) is 7.29. The molecule has 1 aliphatic carbocycles. The van der Waals surface area contributed by atoms with Crippen LogP contribution in [0.5, 0.6) is 0 Å². The molecule has 1 saturated heterocycles. The normalized spacial score (nSPS) is 20.0. The number of hydrogen-bond donors (Lipinski definition) is 1. The maximum atomic E-state index is 13.6. The van der Waals surface area contributed by atoms with Gasteiger partial charge >= 0.3 is 0 Å². The molecule has 0 atom stereocenters. The maximum Gasteiger partial charge on any atom is 0.253 e. The van der Waals surface area contributed by atoms with Crippen LogP contribution in [0.1, 0.15) is 36.0 Å². The van der Waals surface area contributed by atoms with Crippen molar-refractivity contribution in [1.82, 2.24) is 9.80 Å². The fourth-order valence-corrected chi connectivity index (χ4v) is 5.40. The summed E-state index contributed by atoms with van der Waals surface area (Å²) in [6.07, 6.45) is 3.24. The fourth-order valence-electron chi connectivity index (χ4n) is 5.27. The molecule has 1 spiro atoms. The monoisotopic (exact) mass is 466 g/mol. The zero-order chi connectivity index (χ0) is 23.0. The Morgan fingerprint density at radius 1 is 0.939 bits per heavy atom. The molecule has 0 unspecified atom stereocenters. The summed E-state index contributed by atoms with van der Waals surface area (Å²) in [4.78, 5) is 45.1. The first-order valence-corrected chi connectivity index (χ1v) is 11.9. The maximum absolute atomic E-state index is 13.6. The molecule has 7 nitrogen and oxygen atoms in total. The SMILES string of the molecule is O=C(c1ccc(Cl)cc1)N1CCN(CC(=O)N2c3ccccc3NC(=O)C23CCCC3)CC1. The topological polar surface area (TPSA) is 73.0 Å². The van der Waals surface area contributed by atoms with Crippen LogP contribution in [0.25, 0.3) is 0 Å². The van der Waals surface area contributed by atoms with Crippen LogP contribution in [0.2, 0.25) is 5.02 Å². The van der Waals surface area contributed by atoms with Gasteiger partial charge in [-0.25, -0.2) is 0 Å². The highest BCUT2D eigenvalue weighted by atomic mass is 35.5. The average Bonchev–Trinajstić information content (AvgIpc) is 3.31. The van der Waals surface area contributed by atoms with Crippen LogP contribution in [0, 0.1) is 0 Å². The molecule has 1 saturated carbocycles. The number of amides is 3. The minimum absolute atomic E-state index is 0.0239. The Labute approximate surface area is 198 Å². The molecule has 3 aliphatic rings. The van der Waals surface area contributed by atoms with E-state index in [1.165, 1.54) is 0 Å². The Hall–Kier alpha value is -2.90. The molecule has 2 aromatic carbocycles. The van der Waals surface area contributed by atoms with Gasteiger partial charge in [0.15, 0.2) is 0 Å². The van der Waals surface area contributed by atoms with Crippen LogP contribution in [0.15, 0.2) is 48.5 Å². The van der Waals surface area contributed by atoms with Crippen LogP contribution < -0.4 is 10.2 Å². The number of carbonyl (C=O) groups is 3. The van der Waals surface area contributed by atoms with Gasteiger partial charge in [0.25, 0.3) is 11.8 Å². The van der Waals surface area contributed by atoms with Crippen LogP contribution in [-0.4, -0.2) is 65.8 Å². The molecule has 5 rings (SSSR count). The van der Waals surface area contributed by atoms with Crippen molar-refractivity contribution in [3.05, 3.63) is 59.1 Å². The molecule has 33 heavy (non-hydrogen) atoms. The summed E-state index contributed by atoms with van der Waals surface area (Å²) >= 11 is 5.93. The van der Waals surface area contributed by atoms with Gasteiger partial charge in [0, 0.05) is 36.8 Å². The van der Waals surface area contributed by atoms with Gasteiger partial charge < -0.3 is 10.2 Å². The number of benzene rings is 2. The molecular formula is C25H27ClN4O3.